The van der Waals surface area contributed by atoms with Crippen LogP contribution in [0.1, 0.15) is 29.7 Å². The SMILES string of the molecule is CCc1ccc(C2/C(=C(/O)c3ccc([N+](=O)[O-])cc3)C(=O)C(=O)N2c2ccccc2)cc1. The zero-order chi connectivity index (χ0) is 22.8. The highest BCUT2D eigenvalue weighted by Gasteiger charge is 2.46. The standard InChI is InChI=1S/C25H20N2O5/c1-2-16-8-10-17(11-9-16)22-21(23(28)18-12-14-20(15-13-18)27(31)32)24(29)25(30)26(22)19-6-4-3-5-7-19/h3-15,22,28H,2H2,1H3/b23-21-. The number of para-hydroxylation sites is 1. The minimum Gasteiger partial charge on any atom is -0.507 e. The van der Waals surface area contributed by atoms with E-state index in [2.05, 4.69) is 0 Å². The summed E-state index contributed by atoms with van der Waals surface area (Å²) in [5.41, 5.74) is 2.32. The van der Waals surface area contributed by atoms with Crippen LogP contribution < -0.4 is 4.90 Å². The fourth-order valence-electron chi connectivity index (χ4n) is 3.83. The van der Waals surface area contributed by atoms with Crippen LogP contribution in [0, 0.1) is 10.1 Å². The Hall–Kier alpha value is -4.26. The van der Waals surface area contributed by atoms with Crippen molar-refractivity contribution >= 4 is 28.8 Å². The first kappa shape index (κ1) is 21.0. The Balaban J connectivity index is 1.90. The van der Waals surface area contributed by atoms with Gasteiger partial charge in [0.05, 0.1) is 16.5 Å². The van der Waals surface area contributed by atoms with Gasteiger partial charge in [0.15, 0.2) is 0 Å². The molecule has 1 N–H and O–H groups in total. The highest BCUT2D eigenvalue weighted by atomic mass is 16.6. The lowest BCUT2D eigenvalue weighted by Crippen LogP contribution is -2.29. The van der Waals surface area contributed by atoms with Crippen LogP contribution in [0.2, 0.25) is 0 Å². The molecule has 7 nitrogen and oxygen atoms in total. The number of amides is 1. The van der Waals surface area contributed by atoms with Crippen molar-refractivity contribution < 1.29 is 19.6 Å². The number of hydrogen-bond donors (Lipinski definition) is 1. The van der Waals surface area contributed by atoms with Crippen molar-refractivity contribution in [1.82, 2.24) is 0 Å². The van der Waals surface area contributed by atoms with E-state index in [-0.39, 0.29) is 22.6 Å². The normalized spacial score (nSPS) is 17.5. The number of nitrogens with zero attached hydrogens (tertiary/aromatic N) is 2. The topological polar surface area (TPSA) is 101 Å². The van der Waals surface area contributed by atoms with Gasteiger partial charge in [-0.1, -0.05) is 49.4 Å². The zero-order valence-electron chi connectivity index (χ0n) is 17.3. The fraction of sp³-hybridized carbons (Fsp3) is 0.120. The van der Waals surface area contributed by atoms with Gasteiger partial charge >= 0.3 is 0 Å². The Morgan fingerprint density at radius 3 is 2.16 bits per heavy atom. The molecule has 0 bridgehead atoms. The Bertz CT molecular complexity index is 1220. The summed E-state index contributed by atoms with van der Waals surface area (Å²) >= 11 is 0. The summed E-state index contributed by atoms with van der Waals surface area (Å²) in [4.78, 5) is 37.9. The average Bonchev–Trinajstić information content (AvgIpc) is 3.09. The van der Waals surface area contributed by atoms with Gasteiger partial charge in [-0.25, -0.2) is 0 Å². The van der Waals surface area contributed by atoms with Crippen LogP contribution in [-0.4, -0.2) is 21.7 Å². The molecule has 4 rings (SSSR count). The number of nitro groups is 1. The van der Waals surface area contributed by atoms with Crippen LogP contribution in [0.3, 0.4) is 0 Å². The highest BCUT2D eigenvalue weighted by molar-refractivity contribution is 6.51. The molecule has 0 radical (unpaired) electrons. The van der Waals surface area contributed by atoms with Gasteiger partial charge in [-0.15, -0.1) is 0 Å². The van der Waals surface area contributed by atoms with Crippen molar-refractivity contribution in [1.29, 1.82) is 0 Å². The van der Waals surface area contributed by atoms with Gasteiger partial charge in [-0.2, -0.15) is 0 Å². The summed E-state index contributed by atoms with van der Waals surface area (Å²) in [6, 6.07) is 20.7. The van der Waals surface area contributed by atoms with Crippen molar-refractivity contribution in [3.05, 3.63) is 111 Å². The van der Waals surface area contributed by atoms with Gasteiger partial charge < -0.3 is 5.11 Å². The number of Topliss-reactive ketones (excluding diaryl/α,β-unsaturated/α-hetero) is 1. The quantitative estimate of drug-likeness (QED) is 0.207. The molecule has 1 amide bonds. The number of aliphatic hydroxyl groups is 1. The van der Waals surface area contributed by atoms with E-state index in [0.717, 1.165) is 12.0 Å². The molecule has 1 fully saturated rings. The maximum Gasteiger partial charge on any atom is 0.300 e. The second kappa shape index (κ2) is 8.47. The first-order valence-electron chi connectivity index (χ1n) is 10.1. The zero-order valence-corrected chi connectivity index (χ0v) is 17.3. The third-order valence-corrected chi connectivity index (χ3v) is 5.53. The van der Waals surface area contributed by atoms with Crippen molar-refractivity contribution in [3.8, 4) is 0 Å². The number of aryl methyl sites for hydroxylation is 1. The molecule has 3 aromatic carbocycles. The van der Waals surface area contributed by atoms with E-state index in [1.54, 1.807) is 24.3 Å². The number of hydrogen-bond acceptors (Lipinski definition) is 5. The summed E-state index contributed by atoms with van der Waals surface area (Å²) in [5, 5.41) is 22.0. The second-order valence-electron chi connectivity index (χ2n) is 7.40. The summed E-state index contributed by atoms with van der Waals surface area (Å²) in [7, 11) is 0. The van der Waals surface area contributed by atoms with Crippen LogP contribution in [0.25, 0.3) is 5.76 Å². The molecule has 7 heteroatoms. The Morgan fingerprint density at radius 1 is 0.969 bits per heavy atom. The fourth-order valence-corrected chi connectivity index (χ4v) is 3.83. The Kier molecular flexibility index (Phi) is 5.55. The maximum absolute atomic E-state index is 13.1. The van der Waals surface area contributed by atoms with Crippen LogP contribution >= 0.6 is 0 Å². The average molecular weight is 428 g/mol. The first-order chi connectivity index (χ1) is 15.4. The molecule has 0 aromatic heterocycles. The molecule has 1 atom stereocenters. The monoisotopic (exact) mass is 428 g/mol. The van der Waals surface area contributed by atoms with Crippen LogP contribution in [0.15, 0.2) is 84.4 Å². The molecule has 0 saturated carbocycles. The van der Waals surface area contributed by atoms with E-state index in [9.17, 15) is 24.8 Å². The lowest BCUT2D eigenvalue weighted by Gasteiger charge is -2.25. The number of carbonyl (C=O) groups is 2. The van der Waals surface area contributed by atoms with E-state index >= 15 is 0 Å². The van der Waals surface area contributed by atoms with Crippen molar-refractivity contribution in [3.63, 3.8) is 0 Å². The van der Waals surface area contributed by atoms with Crippen molar-refractivity contribution in [2.45, 2.75) is 19.4 Å². The van der Waals surface area contributed by atoms with E-state index in [4.69, 9.17) is 0 Å². The molecular formula is C25H20N2O5. The number of carbonyl (C=O) groups excluding carboxylic acids is 2. The minimum absolute atomic E-state index is 0.0584. The number of nitro benzene ring substituents is 1. The lowest BCUT2D eigenvalue weighted by atomic mass is 9.94. The lowest BCUT2D eigenvalue weighted by molar-refractivity contribution is -0.384. The summed E-state index contributed by atoms with van der Waals surface area (Å²) in [6.45, 7) is 2.03. The van der Waals surface area contributed by atoms with Crippen molar-refractivity contribution in [2.75, 3.05) is 4.90 Å². The number of ketones is 1. The second-order valence-corrected chi connectivity index (χ2v) is 7.40. The summed E-state index contributed by atoms with van der Waals surface area (Å²) in [6.07, 6.45) is 0.835. The first-order valence-corrected chi connectivity index (χ1v) is 10.1. The van der Waals surface area contributed by atoms with Gasteiger partial charge in [-0.05, 0) is 41.8 Å². The number of non-ortho nitro benzene ring substituents is 1. The molecular weight excluding hydrogens is 408 g/mol. The maximum atomic E-state index is 13.1. The molecule has 1 heterocycles. The third kappa shape index (κ3) is 3.65. The molecule has 0 aliphatic carbocycles. The van der Waals surface area contributed by atoms with Gasteiger partial charge in [0.1, 0.15) is 5.76 Å². The molecule has 0 spiro atoms. The molecule has 160 valence electrons. The third-order valence-electron chi connectivity index (χ3n) is 5.53. The van der Waals surface area contributed by atoms with E-state index in [0.29, 0.717) is 11.3 Å². The number of rotatable bonds is 5. The molecule has 32 heavy (non-hydrogen) atoms. The number of anilines is 1. The van der Waals surface area contributed by atoms with Gasteiger partial charge in [-0.3, -0.25) is 24.6 Å². The molecule has 1 unspecified atom stereocenters. The number of benzene rings is 3. The Morgan fingerprint density at radius 2 is 1.59 bits per heavy atom. The summed E-state index contributed by atoms with van der Waals surface area (Å²) in [5.74, 6) is -1.93. The van der Waals surface area contributed by atoms with E-state index in [1.807, 2.05) is 37.3 Å². The van der Waals surface area contributed by atoms with Crippen LogP contribution in [0.5, 0.6) is 0 Å². The van der Waals surface area contributed by atoms with E-state index in [1.165, 1.54) is 29.2 Å². The molecule has 1 aliphatic heterocycles. The largest absolute Gasteiger partial charge is 0.507 e. The minimum atomic E-state index is -0.835. The molecule has 1 aliphatic rings. The van der Waals surface area contributed by atoms with Crippen LogP contribution in [0.4, 0.5) is 11.4 Å². The van der Waals surface area contributed by atoms with Gasteiger partial charge in [0, 0.05) is 23.4 Å². The molecule has 3 aromatic rings. The highest BCUT2D eigenvalue weighted by Crippen LogP contribution is 2.42. The smallest absolute Gasteiger partial charge is 0.300 e. The predicted octanol–water partition coefficient (Wildman–Crippen LogP) is 4.78. The van der Waals surface area contributed by atoms with Gasteiger partial charge in [0.25, 0.3) is 17.4 Å². The van der Waals surface area contributed by atoms with E-state index < -0.39 is 22.7 Å². The summed E-state index contributed by atoms with van der Waals surface area (Å²) < 4.78 is 0. The van der Waals surface area contributed by atoms with Crippen molar-refractivity contribution in [2.24, 2.45) is 0 Å². The van der Waals surface area contributed by atoms with Crippen LogP contribution in [-0.2, 0) is 16.0 Å². The molecule has 1 saturated heterocycles. The van der Waals surface area contributed by atoms with Gasteiger partial charge in [0.2, 0.25) is 0 Å². The predicted molar refractivity (Wildman–Crippen MR) is 120 cm³/mol. The Labute approximate surface area is 184 Å². The number of aliphatic hydroxyl groups excluding tert-OH is 1.